The molecule has 1 rings (SSSR count). The first kappa shape index (κ1) is 32.0. The Kier molecular flexibility index (Phi) is 13.8. The van der Waals surface area contributed by atoms with Gasteiger partial charge in [0, 0.05) is 30.4 Å². The van der Waals surface area contributed by atoms with Crippen LogP contribution in [0, 0.1) is 23.7 Å². The lowest BCUT2D eigenvalue weighted by atomic mass is 9.83. The van der Waals surface area contributed by atoms with Gasteiger partial charge in [0.25, 0.3) is 0 Å². The zero-order valence-corrected chi connectivity index (χ0v) is 23.3. The van der Waals surface area contributed by atoms with Crippen molar-refractivity contribution in [3.8, 4) is 0 Å². The fourth-order valence-electron chi connectivity index (χ4n) is 4.46. The van der Waals surface area contributed by atoms with Crippen LogP contribution < -0.4 is 0 Å². The molecule has 1 aliphatic heterocycles. The van der Waals surface area contributed by atoms with Gasteiger partial charge < -0.3 is 14.9 Å². The van der Waals surface area contributed by atoms with Gasteiger partial charge in [-0.25, -0.2) is 9.59 Å². The van der Waals surface area contributed by atoms with Crippen molar-refractivity contribution >= 4 is 17.7 Å². The van der Waals surface area contributed by atoms with E-state index in [1.54, 1.807) is 13.8 Å². The summed E-state index contributed by atoms with van der Waals surface area (Å²) in [5.41, 5.74) is 2.75. The Morgan fingerprint density at radius 3 is 2.35 bits per heavy atom. The van der Waals surface area contributed by atoms with Crippen LogP contribution in [0.5, 0.6) is 0 Å². The Labute approximate surface area is 222 Å². The third kappa shape index (κ3) is 12.7. The minimum Gasteiger partial charge on any atom is -0.478 e. The maximum Gasteiger partial charge on any atom is 0.331 e. The number of rotatable bonds is 14. The monoisotopic (exact) mass is 512 g/mol. The minimum absolute atomic E-state index is 0.0372. The molecule has 0 aromatic heterocycles. The van der Waals surface area contributed by atoms with Crippen LogP contribution in [-0.2, 0) is 19.1 Å². The zero-order chi connectivity index (χ0) is 28.1. The Morgan fingerprint density at radius 1 is 1.08 bits per heavy atom. The summed E-state index contributed by atoms with van der Waals surface area (Å²) < 4.78 is 5.23. The fourth-order valence-corrected chi connectivity index (χ4v) is 4.46. The Bertz CT molecular complexity index is 978. The molecule has 0 amide bonds. The van der Waals surface area contributed by atoms with Crippen molar-refractivity contribution in [2.45, 2.75) is 79.9 Å². The van der Waals surface area contributed by atoms with Gasteiger partial charge >= 0.3 is 11.9 Å². The zero-order valence-electron chi connectivity index (χ0n) is 23.3. The van der Waals surface area contributed by atoms with Gasteiger partial charge in [-0.2, -0.15) is 0 Å². The summed E-state index contributed by atoms with van der Waals surface area (Å²) in [6.07, 6.45) is 17.4. The third-order valence-electron chi connectivity index (χ3n) is 6.42. The number of carboxylic acids is 1. The van der Waals surface area contributed by atoms with Crippen molar-refractivity contribution < 1.29 is 29.3 Å². The largest absolute Gasteiger partial charge is 0.478 e. The van der Waals surface area contributed by atoms with E-state index in [4.69, 9.17) is 9.84 Å². The number of ether oxygens (including phenoxy) is 1. The normalized spacial score (nSPS) is 21.6. The van der Waals surface area contributed by atoms with E-state index in [1.165, 1.54) is 6.08 Å². The van der Waals surface area contributed by atoms with Crippen LogP contribution in [0.4, 0.5) is 0 Å². The second-order valence-electron chi connectivity index (χ2n) is 10.4. The molecule has 0 aliphatic carbocycles. The SMILES string of the molecule is CC(/C=C/[C@@H]1CC=CC(=O)O1)=C\[C@H](C)C/C=C/C(C)=C/[C@H](C)C(=O)[C@H](C)[C@@H](O)[C@H](C)C/C(C)=C/C(=O)O. The number of carbonyl (C=O) groups is 3. The quantitative estimate of drug-likeness (QED) is 0.164. The molecule has 0 fully saturated rings. The molecule has 6 atom stereocenters. The summed E-state index contributed by atoms with van der Waals surface area (Å²) >= 11 is 0. The lowest BCUT2D eigenvalue weighted by molar-refractivity contribution is -0.141. The van der Waals surface area contributed by atoms with E-state index in [9.17, 15) is 19.5 Å². The average molecular weight is 513 g/mol. The lowest BCUT2D eigenvalue weighted by Gasteiger charge is -2.25. The number of cyclic esters (lactones) is 1. The van der Waals surface area contributed by atoms with Crippen molar-refractivity contribution in [2.75, 3.05) is 0 Å². The lowest BCUT2D eigenvalue weighted by Crippen LogP contribution is -2.34. The van der Waals surface area contributed by atoms with Crippen molar-refractivity contribution in [1.82, 2.24) is 0 Å². The van der Waals surface area contributed by atoms with Crippen LogP contribution in [-0.4, -0.2) is 40.1 Å². The number of hydrogen-bond donors (Lipinski definition) is 2. The molecule has 0 saturated heterocycles. The highest BCUT2D eigenvalue weighted by Crippen LogP contribution is 2.24. The molecule has 0 radical (unpaired) electrons. The number of aliphatic hydroxyl groups is 1. The fraction of sp³-hybridized carbons (Fsp3) is 0.516. The summed E-state index contributed by atoms with van der Waals surface area (Å²) in [4.78, 5) is 35.0. The predicted octanol–water partition coefficient (Wildman–Crippen LogP) is 6.15. The van der Waals surface area contributed by atoms with Gasteiger partial charge in [0.05, 0.1) is 6.10 Å². The standard InChI is InChI=1S/C31H44O6/c1-20(16-22(3)14-15-27-12-9-13-29(34)37-27)10-8-11-21(2)17-24(5)30(35)26(7)31(36)25(6)18-23(4)19-28(32)33/h8-9,11,13-17,19-20,24-27,31,36H,10,12,18H2,1-7H3,(H,32,33)/b11-8+,15-14+,21-17+,22-16+,23-19+/t20-,24+,25-,26+,27+,31+/m1/s1. The maximum absolute atomic E-state index is 12.9. The Balaban J connectivity index is 2.60. The van der Waals surface area contributed by atoms with Crippen LogP contribution in [0.2, 0.25) is 0 Å². The molecule has 0 aromatic carbocycles. The third-order valence-corrected chi connectivity index (χ3v) is 6.42. The Hall–Kier alpha value is -2.99. The van der Waals surface area contributed by atoms with E-state index in [-0.39, 0.29) is 29.7 Å². The van der Waals surface area contributed by atoms with E-state index in [1.807, 2.05) is 58.1 Å². The second kappa shape index (κ2) is 16.0. The van der Waals surface area contributed by atoms with Crippen molar-refractivity contribution in [1.29, 1.82) is 0 Å². The average Bonchev–Trinajstić information content (AvgIpc) is 2.80. The van der Waals surface area contributed by atoms with Crippen molar-refractivity contribution in [3.05, 3.63) is 71.4 Å². The molecule has 0 spiro atoms. The van der Waals surface area contributed by atoms with Crippen molar-refractivity contribution in [3.63, 3.8) is 0 Å². The van der Waals surface area contributed by atoms with Gasteiger partial charge in [0.1, 0.15) is 11.9 Å². The molecule has 0 aromatic rings. The first-order valence-corrected chi connectivity index (χ1v) is 13.0. The van der Waals surface area contributed by atoms with Gasteiger partial charge in [-0.3, -0.25) is 4.79 Å². The van der Waals surface area contributed by atoms with Gasteiger partial charge in [0.15, 0.2) is 0 Å². The second-order valence-corrected chi connectivity index (χ2v) is 10.4. The highest BCUT2D eigenvalue weighted by molar-refractivity contribution is 5.85. The molecule has 37 heavy (non-hydrogen) atoms. The molecule has 6 nitrogen and oxygen atoms in total. The smallest absolute Gasteiger partial charge is 0.331 e. The molecular weight excluding hydrogens is 468 g/mol. The first-order valence-electron chi connectivity index (χ1n) is 13.0. The van der Waals surface area contributed by atoms with E-state index in [0.29, 0.717) is 24.3 Å². The molecule has 0 unspecified atom stereocenters. The molecular formula is C31H44O6. The van der Waals surface area contributed by atoms with E-state index >= 15 is 0 Å². The first-order chi connectivity index (χ1) is 17.3. The topological polar surface area (TPSA) is 101 Å². The summed E-state index contributed by atoms with van der Waals surface area (Å²) in [6.45, 7) is 13.2. The van der Waals surface area contributed by atoms with Crippen LogP contribution in [0.15, 0.2) is 71.4 Å². The number of allylic oxidation sites excluding steroid dienone is 8. The number of hydrogen-bond acceptors (Lipinski definition) is 5. The minimum atomic E-state index is -1.01. The Morgan fingerprint density at radius 2 is 1.73 bits per heavy atom. The van der Waals surface area contributed by atoms with E-state index in [2.05, 4.69) is 19.1 Å². The number of esters is 1. The van der Waals surface area contributed by atoms with Crippen molar-refractivity contribution in [2.24, 2.45) is 23.7 Å². The van der Waals surface area contributed by atoms with Gasteiger partial charge in [-0.15, -0.1) is 0 Å². The number of carbonyl (C=O) groups excluding carboxylic acids is 2. The highest BCUT2D eigenvalue weighted by Gasteiger charge is 2.29. The number of aliphatic hydroxyl groups excluding tert-OH is 1. The summed E-state index contributed by atoms with van der Waals surface area (Å²) in [5.74, 6) is -2.16. The van der Waals surface area contributed by atoms with Gasteiger partial charge in [-0.1, -0.05) is 80.9 Å². The molecule has 1 heterocycles. The number of ketones is 1. The van der Waals surface area contributed by atoms with E-state index in [0.717, 1.165) is 23.6 Å². The van der Waals surface area contributed by atoms with Crippen LogP contribution in [0.3, 0.4) is 0 Å². The number of Topliss-reactive ketones (excluding diaryl/α,β-unsaturated/α-hetero) is 1. The maximum atomic E-state index is 12.9. The number of aliphatic carboxylic acids is 1. The predicted molar refractivity (Wildman–Crippen MR) is 148 cm³/mol. The van der Waals surface area contributed by atoms with Crippen LogP contribution in [0.25, 0.3) is 0 Å². The summed E-state index contributed by atoms with van der Waals surface area (Å²) in [5, 5.41) is 19.5. The van der Waals surface area contributed by atoms with Crippen LogP contribution >= 0.6 is 0 Å². The number of carboxylic acid groups (broad SMARTS) is 1. The molecule has 0 bridgehead atoms. The summed E-state index contributed by atoms with van der Waals surface area (Å²) in [6, 6.07) is 0. The molecule has 204 valence electrons. The van der Waals surface area contributed by atoms with Crippen LogP contribution in [0.1, 0.15) is 67.7 Å². The van der Waals surface area contributed by atoms with E-state index < -0.39 is 18.0 Å². The van der Waals surface area contributed by atoms with Gasteiger partial charge in [-0.05, 0) is 51.5 Å². The van der Waals surface area contributed by atoms with Gasteiger partial charge in [0.2, 0.25) is 0 Å². The molecule has 0 saturated carbocycles. The molecule has 1 aliphatic rings. The summed E-state index contributed by atoms with van der Waals surface area (Å²) in [7, 11) is 0. The molecule has 2 N–H and O–H groups in total. The highest BCUT2D eigenvalue weighted by atomic mass is 16.5. The molecule has 6 heteroatoms.